The number of phenols is 1. The van der Waals surface area contributed by atoms with Crippen molar-refractivity contribution in [2.75, 3.05) is 11.9 Å². The molecule has 0 unspecified atom stereocenters. The third kappa shape index (κ3) is 3.24. The van der Waals surface area contributed by atoms with Crippen molar-refractivity contribution in [1.82, 2.24) is 5.32 Å². The van der Waals surface area contributed by atoms with E-state index in [0.29, 0.717) is 5.75 Å². The average molecular weight is 230 g/mol. The van der Waals surface area contributed by atoms with Crippen LogP contribution in [0.3, 0.4) is 0 Å². The van der Waals surface area contributed by atoms with E-state index in [1.165, 1.54) is 0 Å². The maximum atomic E-state index is 9.13. The fraction of sp³-hybridized carbons (Fsp3) is 0.333. The van der Waals surface area contributed by atoms with E-state index in [-0.39, 0.29) is 0 Å². The van der Waals surface area contributed by atoms with Crippen LogP contribution in [0.5, 0.6) is 5.75 Å². The van der Waals surface area contributed by atoms with E-state index >= 15 is 0 Å². The molecule has 0 fully saturated rings. The van der Waals surface area contributed by atoms with Crippen molar-refractivity contribution in [2.45, 2.75) is 6.54 Å². The summed E-state index contributed by atoms with van der Waals surface area (Å²) in [5.74, 6) is 0.327. The number of halogens is 1. The summed E-state index contributed by atoms with van der Waals surface area (Å²) in [6.45, 7) is 1.75. The van der Waals surface area contributed by atoms with Crippen LogP contribution < -0.4 is 5.32 Å². The predicted molar refractivity (Wildman–Crippen MR) is 53.6 cm³/mol. The molecule has 0 radical (unpaired) electrons. The number of hydrogen-bond donors (Lipinski definition) is 2. The van der Waals surface area contributed by atoms with Crippen molar-refractivity contribution in [3.8, 4) is 5.75 Å². The lowest BCUT2D eigenvalue weighted by Crippen LogP contribution is -2.15. The maximum Gasteiger partial charge on any atom is 0.115 e. The molecule has 2 N–H and O–H groups in total. The van der Waals surface area contributed by atoms with E-state index in [1.807, 2.05) is 12.1 Å². The smallest absolute Gasteiger partial charge is 0.115 e. The molecule has 0 aliphatic carbocycles. The molecular weight excluding hydrogens is 218 g/mol. The van der Waals surface area contributed by atoms with Crippen LogP contribution in [0, 0.1) is 0 Å². The highest BCUT2D eigenvalue weighted by atomic mass is 79.9. The average Bonchev–Trinajstić information content (AvgIpc) is 2.05. The van der Waals surface area contributed by atoms with Gasteiger partial charge in [0.25, 0.3) is 0 Å². The first-order valence-corrected chi connectivity index (χ1v) is 4.99. The highest BCUT2D eigenvalue weighted by Gasteiger charge is 1.92. The zero-order valence-electron chi connectivity index (χ0n) is 6.76. The van der Waals surface area contributed by atoms with Gasteiger partial charge in [0, 0.05) is 18.4 Å². The van der Waals surface area contributed by atoms with Gasteiger partial charge in [-0.3, -0.25) is 0 Å². The van der Waals surface area contributed by atoms with Crippen LogP contribution in [0.2, 0.25) is 0 Å². The van der Waals surface area contributed by atoms with E-state index in [0.717, 1.165) is 24.0 Å². The number of hydrogen-bond acceptors (Lipinski definition) is 2. The van der Waals surface area contributed by atoms with Gasteiger partial charge in [-0.25, -0.2) is 0 Å². The normalized spacial score (nSPS) is 10.1. The largest absolute Gasteiger partial charge is 0.508 e. The second-order valence-electron chi connectivity index (χ2n) is 2.54. The molecule has 1 aromatic rings. The Hall–Kier alpha value is -0.540. The summed E-state index contributed by atoms with van der Waals surface area (Å²) >= 11 is 3.33. The van der Waals surface area contributed by atoms with Gasteiger partial charge in [-0.15, -0.1) is 0 Å². The molecule has 0 bridgehead atoms. The molecule has 2 nitrogen and oxygen atoms in total. The van der Waals surface area contributed by atoms with Gasteiger partial charge in [-0.1, -0.05) is 28.1 Å². The van der Waals surface area contributed by atoms with E-state index in [2.05, 4.69) is 21.2 Å². The number of rotatable bonds is 4. The molecule has 3 heteroatoms. The minimum atomic E-state index is 0.327. The quantitative estimate of drug-likeness (QED) is 0.611. The molecule has 12 heavy (non-hydrogen) atoms. The molecule has 0 aliphatic heterocycles. The Balaban J connectivity index is 2.41. The first kappa shape index (κ1) is 9.55. The van der Waals surface area contributed by atoms with Gasteiger partial charge in [0.2, 0.25) is 0 Å². The number of nitrogens with one attached hydrogen (secondary N) is 1. The van der Waals surface area contributed by atoms with Gasteiger partial charge in [0.1, 0.15) is 5.75 Å². The summed E-state index contributed by atoms with van der Waals surface area (Å²) in [4.78, 5) is 0. The summed E-state index contributed by atoms with van der Waals surface area (Å²) in [5.41, 5.74) is 1.11. The van der Waals surface area contributed by atoms with Crippen LogP contribution in [0.25, 0.3) is 0 Å². The number of alkyl halides is 1. The van der Waals surface area contributed by atoms with Gasteiger partial charge in [0.15, 0.2) is 0 Å². The Labute approximate surface area is 80.7 Å². The third-order valence-corrected chi connectivity index (χ3v) is 1.91. The van der Waals surface area contributed by atoms with Crippen LogP contribution in [-0.4, -0.2) is 17.0 Å². The highest BCUT2D eigenvalue weighted by Crippen LogP contribution is 2.10. The molecule has 0 aliphatic rings. The van der Waals surface area contributed by atoms with Crippen molar-refractivity contribution in [3.63, 3.8) is 0 Å². The van der Waals surface area contributed by atoms with Crippen molar-refractivity contribution in [1.29, 1.82) is 0 Å². The molecule has 66 valence electrons. The first-order valence-electron chi connectivity index (χ1n) is 3.87. The highest BCUT2D eigenvalue weighted by molar-refractivity contribution is 9.09. The summed E-state index contributed by atoms with van der Waals surface area (Å²) in [5, 5.41) is 13.3. The van der Waals surface area contributed by atoms with E-state index < -0.39 is 0 Å². The van der Waals surface area contributed by atoms with E-state index in [4.69, 9.17) is 5.11 Å². The lowest BCUT2D eigenvalue weighted by atomic mass is 10.2. The second-order valence-corrected chi connectivity index (χ2v) is 3.33. The topological polar surface area (TPSA) is 32.3 Å². The van der Waals surface area contributed by atoms with Crippen LogP contribution in [0.4, 0.5) is 0 Å². The number of aromatic hydroxyl groups is 1. The molecule has 1 rings (SSSR count). The molecule has 0 saturated carbocycles. The van der Waals surface area contributed by atoms with Crippen LogP contribution in [0.15, 0.2) is 24.3 Å². The Kier molecular flexibility index (Phi) is 4.11. The number of benzene rings is 1. The molecule has 0 spiro atoms. The van der Waals surface area contributed by atoms with Gasteiger partial charge in [0.05, 0.1) is 0 Å². The Morgan fingerprint density at radius 3 is 2.92 bits per heavy atom. The fourth-order valence-corrected chi connectivity index (χ4v) is 1.25. The molecule has 0 heterocycles. The summed E-state index contributed by atoms with van der Waals surface area (Å²) in [7, 11) is 0. The van der Waals surface area contributed by atoms with Gasteiger partial charge in [-0.2, -0.15) is 0 Å². The Morgan fingerprint density at radius 2 is 2.25 bits per heavy atom. The SMILES string of the molecule is Oc1cccc(CNCCBr)c1. The summed E-state index contributed by atoms with van der Waals surface area (Å²) < 4.78 is 0. The van der Waals surface area contributed by atoms with Crippen molar-refractivity contribution < 1.29 is 5.11 Å². The minimum Gasteiger partial charge on any atom is -0.508 e. The zero-order valence-corrected chi connectivity index (χ0v) is 8.34. The molecular formula is C9H12BrNO. The van der Waals surface area contributed by atoms with Gasteiger partial charge >= 0.3 is 0 Å². The fourth-order valence-electron chi connectivity index (χ4n) is 0.966. The van der Waals surface area contributed by atoms with Gasteiger partial charge < -0.3 is 10.4 Å². The lowest BCUT2D eigenvalue weighted by Gasteiger charge is -2.02. The van der Waals surface area contributed by atoms with E-state index in [9.17, 15) is 0 Å². The molecule has 0 amide bonds. The standard InChI is InChI=1S/C9H12BrNO/c10-4-5-11-7-8-2-1-3-9(12)6-8/h1-3,6,11-12H,4-5,7H2. The Bertz CT molecular complexity index is 240. The van der Waals surface area contributed by atoms with Crippen molar-refractivity contribution >= 4 is 15.9 Å². The van der Waals surface area contributed by atoms with Crippen LogP contribution >= 0.6 is 15.9 Å². The van der Waals surface area contributed by atoms with Crippen molar-refractivity contribution in [3.05, 3.63) is 29.8 Å². The summed E-state index contributed by atoms with van der Waals surface area (Å²) in [6, 6.07) is 7.27. The van der Waals surface area contributed by atoms with Crippen LogP contribution in [0.1, 0.15) is 5.56 Å². The molecule has 1 aromatic carbocycles. The van der Waals surface area contributed by atoms with Crippen molar-refractivity contribution in [2.24, 2.45) is 0 Å². The lowest BCUT2D eigenvalue weighted by molar-refractivity contribution is 0.474. The van der Waals surface area contributed by atoms with E-state index in [1.54, 1.807) is 12.1 Å². The minimum absolute atomic E-state index is 0.327. The third-order valence-electron chi connectivity index (χ3n) is 1.51. The molecule has 0 aromatic heterocycles. The Morgan fingerprint density at radius 1 is 1.42 bits per heavy atom. The first-order chi connectivity index (χ1) is 5.83. The monoisotopic (exact) mass is 229 g/mol. The second kappa shape index (κ2) is 5.17. The zero-order chi connectivity index (χ0) is 8.81. The molecule has 0 atom stereocenters. The maximum absolute atomic E-state index is 9.13. The van der Waals surface area contributed by atoms with Crippen LogP contribution in [-0.2, 0) is 6.54 Å². The van der Waals surface area contributed by atoms with Gasteiger partial charge in [-0.05, 0) is 17.7 Å². The number of phenolic OH excluding ortho intramolecular Hbond substituents is 1. The molecule has 0 saturated heterocycles. The summed E-state index contributed by atoms with van der Waals surface area (Å²) in [6.07, 6.45) is 0. The predicted octanol–water partition coefficient (Wildman–Crippen LogP) is 1.88.